The minimum atomic E-state index is -1.20. The van der Waals surface area contributed by atoms with Gasteiger partial charge in [0.05, 0.1) is 22.5 Å². The highest BCUT2D eigenvalue weighted by Gasteiger charge is 2.47. The van der Waals surface area contributed by atoms with Crippen LogP contribution in [0.15, 0.2) is 30.7 Å². The van der Waals surface area contributed by atoms with Crippen LogP contribution in [-0.4, -0.2) is 40.6 Å². The molecule has 0 fully saturated rings. The Labute approximate surface area is 200 Å². The van der Waals surface area contributed by atoms with Crippen molar-refractivity contribution in [2.75, 3.05) is 11.1 Å². The highest BCUT2D eigenvalue weighted by Crippen LogP contribution is 2.46. The third kappa shape index (κ3) is 3.41. The molecule has 1 aliphatic rings. The Balaban J connectivity index is 1.61. The minimum Gasteiger partial charge on any atom is -0.506 e. The van der Waals surface area contributed by atoms with E-state index in [1.165, 1.54) is 18.5 Å². The summed E-state index contributed by atoms with van der Waals surface area (Å²) in [7, 11) is 0. The molecule has 11 heteroatoms. The molecule has 5 rings (SSSR count). The molecule has 4 aromatic rings. The molecule has 4 N–H and O–H groups in total. The van der Waals surface area contributed by atoms with Crippen LogP contribution >= 0.6 is 11.6 Å². The molecule has 3 aromatic heterocycles. The van der Waals surface area contributed by atoms with Gasteiger partial charge in [-0.1, -0.05) is 37.4 Å². The lowest BCUT2D eigenvalue weighted by molar-refractivity contribution is -0.119. The number of amides is 1. The van der Waals surface area contributed by atoms with Crippen LogP contribution in [0.3, 0.4) is 0 Å². The van der Waals surface area contributed by atoms with Gasteiger partial charge in [0.2, 0.25) is 5.91 Å². The van der Waals surface area contributed by atoms with Gasteiger partial charge in [-0.05, 0) is 37.5 Å². The van der Waals surface area contributed by atoms with Crippen LogP contribution in [0.5, 0.6) is 5.75 Å². The van der Waals surface area contributed by atoms with E-state index in [2.05, 4.69) is 32.3 Å². The Morgan fingerprint density at radius 3 is 2.82 bits per heavy atom. The summed E-state index contributed by atoms with van der Waals surface area (Å²) in [6, 6.07) is 4.66. The van der Waals surface area contributed by atoms with Gasteiger partial charge >= 0.3 is 0 Å². The van der Waals surface area contributed by atoms with Crippen LogP contribution in [0.2, 0.25) is 5.02 Å². The van der Waals surface area contributed by atoms with Crippen LogP contribution in [0, 0.1) is 0 Å². The van der Waals surface area contributed by atoms with Crippen LogP contribution in [-0.2, 0) is 16.6 Å². The maximum absolute atomic E-state index is 13.1. The van der Waals surface area contributed by atoms with Crippen molar-refractivity contribution in [1.82, 2.24) is 29.5 Å². The van der Waals surface area contributed by atoms with Crippen molar-refractivity contribution in [3.63, 3.8) is 0 Å². The highest BCUT2D eigenvalue weighted by atomic mass is 35.5. The number of phenolic OH excluding ortho intramolecular Hbond substituents is 1. The van der Waals surface area contributed by atoms with E-state index >= 15 is 0 Å². The molecule has 4 heterocycles. The fraction of sp³-hybridized carbons (Fsp3) is 0.304. The lowest BCUT2D eigenvalue weighted by Gasteiger charge is -2.23. The molecule has 0 bridgehead atoms. The maximum Gasteiger partial charge on any atom is 0.240 e. The van der Waals surface area contributed by atoms with Gasteiger partial charge in [0.1, 0.15) is 34.8 Å². The topological polar surface area (TPSA) is 144 Å². The van der Waals surface area contributed by atoms with E-state index < -0.39 is 5.41 Å². The van der Waals surface area contributed by atoms with Crippen molar-refractivity contribution < 1.29 is 9.90 Å². The molecule has 0 spiro atoms. The van der Waals surface area contributed by atoms with E-state index in [1.54, 1.807) is 23.7 Å². The first-order chi connectivity index (χ1) is 16.3. The number of benzene rings is 1. The summed E-state index contributed by atoms with van der Waals surface area (Å²) in [5.41, 5.74) is 8.12. The number of aromatic hydroxyl groups is 1. The number of anilines is 2. The van der Waals surface area contributed by atoms with E-state index in [9.17, 15) is 9.90 Å². The van der Waals surface area contributed by atoms with E-state index in [1.807, 2.05) is 0 Å². The summed E-state index contributed by atoms with van der Waals surface area (Å²) in [4.78, 5) is 31.3. The van der Waals surface area contributed by atoms with E-state index in [-0.39, 0.29) is 28.3 Å². The lowest BCUT2D eigenvalue weighted by atomic mass is 9.77. The summed E-state index contributed by atoms with van der Waals surface area (Å²) in [5.74, 6) is 0.260. The summed E-state index contributed by atoms with van der Waals surface area (Å²) in [5, 5.41) is 17.4. The normalized spacial score (nSPS) is 17.2. The minimum absolute atomic E-state index is 0.126. The molecular weight excluding hydrogens is 456 g/mol. The third-order valence-electron chi connectivity index (χ3n) is 6.22. The van der Waals surface area contributed by atoms with Gasteiger partial charge in [-0.25, -0.2) is 24.5 Å². The van der Waals surface area contributed by atoms with Gasteiger partial charge in [0.15, 0.2) is 11.5 Å². The molecule has 1 amide bonds. The second kappa shape index (κ2) is 8.21. The summed E-state index contributed by atoms with van der Waals surface area (Å²) in [6.45, 7) is 3.85. The Hall–Kier alpha value is -3.79. The molecule has 0 radical (unpaired) electrons. The Kier molecular flexibility index (Phi) is 5.32. The molecule has 1 atom stereocenters. The first-order valence-corrected chi connectivity index (χ1v) is 11.4. The molecule has 10 nitrogen and oxygen atoms in total. The molecule has 0 saturated carbocycles. The molecule has 1 aliphatic heterocycles. The fourth-order valence-electron chi connectivity index (χ4n) is 4.33. The number of carbonyl (C=O) groups excluding carboxylic acids is 1. The second-order valence-corrected chi connectivity index (χ2v) is 8.87. The number of nitrogens with one attached hydrogen (secondary N) is 1. The monoisotopic (exact) mass is 478 g/mol. The number of carbonyl (C=O) groups is 1. The number of aromatic nitrogens is 6. The van der Waals surface area contributed by atoms with E-state index in [4.69, 9.17) is 22.3 Å². The predicted molar refractivity (Wildman–Crippen MR) is 128 cm³/mol. The fourth-order valence-corrected chi connectivity index (χ4v) is 4.45. The van der Waals surface area contributed by atoms with Crippen LogP contribution in [0.25, 0.3) is 17.2 Å². The number of fused-ring (bicyclic) bond motifs is 2. The van der Waals surface area contributed by atoms with Crippen LogP contribution in [0.1, 0.15) is 49.9 Å². The van der Waals surface area contributed by atoms with E-state index in [0.717, 1.165) is 31.4 Å². The summed E-state index contributed by atoms with van der Waals surface area (Å²) in [6.07, 6.45) is 7.08. The van der Waals surface area contributed by atoms with Gasteiger partial charge in [0, 0.05) is 0 Å². The SMILES string of the molecule is CCCCCc1nc(-c2nc(N)c3c(n2)NC(=O)C3(C)c2ccc(Cl)c(O)c2)cn2ncnc12. The second-order valence-electron chi connectivity index (χ2n) is 8.46. The molecule has 34 heavy (non-hydrogen) atoms. The maximum atomic E-state index is 13.1. The first kappa shape index (κ1) is 22.0. The van der Waals surface area contributed by atoms with Gasteiger partial charge < -0.3 is 16.2 Å². The van der Waals surface area contributed by atoms with Crippen LogP contribution in [0.4, 0.5) is 11.6 Å². The number of aryl methyl sites for hydroxylation is 1. The van der Waals surface area contributed by atoms with Crippen molar-refractivity contribution >= 4 is 34.8 Å². The molecule has 1 unspecified atom stereocenters. The first-order valence-electron chi connectivity index (χ1n) is 11.0. The van der Waals surface area contributed by atoms with Crippen molar-refractivity contribution in [3.8, 4) is 17.3 Å². The number of hydrogen-bond donors (Lipinski definition) is 3. The zero-order valence-corrected chi connectivity index (χ0v) is 19.5. The van der Waals surface area contributed by atoms with Crippen molar-refractivity contribution in [3.05, 3.63) is 52.6 Å². The number of nitrogens with two attached hydrogens (primary N) is 1. The lowest BCUT2D eigenvalue weighted by Crippen LogP contribution is -2.32. The number of hydrogen-bond acceptors (Lipinski definition) is 8. The number of nitrogen functional groups attached to an aromatic ring is 1. The van der Waals surface area contributed by atoms with Crippen molar-refractivity contribution in [2.45, 2.75) is 44.9 Å². The number of nitrogens with zero attached hydrogens (tertiary/aromatic N) is 6. The Morgan fingerprint density at radius 2 is 2.06 bits per heavy atom. The predicted octanol–water partition coefficient (Wildman–Crippen LogP) is 3.51. The average Bonchev–Trinajstić information content (AvgIpc) is 3.38. The standard InChI is InChI=1S/C23H23ClN8O2/c1-3-4-5-6-14-21-26-11-27-32(21)10-15(28-14)19-29-18(25)17-20(30-19)31-22(34)23(17,2)12-7-8-13(24)16(33)9-12/h7-11,33H,3-6H2,1-2H3,(H3,25,29,30,31,34). The van der Waals surface area contributed by atoms with Crippen molar-refractivity contribution in [2.24, 2.45) is 0 Å². The Bertz CT molecular complexity index is 1440. The largest absolute Gasteiger partial charge is 0.506 e. The number of unbranched alkanes of at least 4 members (excludes halogenated alkanes) is 2. The average molecular weight is 479 g/mol. The van der Waals surface area contributed by atoms with E-state index in [0.29, 0.717) is 28.3 Å². The Morgan fingerprint density at radius 1 is 1.24 bits per heavy atom. The molecule has 1 aromatic carbocycles. The zero-order chi connectivity index (χ0) is 24.0. The highest BCUT2D eigenvalue weighted by molar-refractivity contribution is 6.32. The van der Waals surface area contributed by atoms with Gasteiger partial charge in [-0.2, -0.15) is 5.10 Å². The third-order valence-corrected chi connectivity index (χ3v) is 6.54. The molecule has 174 valence electrons. The quantitative estimate of drug-likeness (QED) is 0.357. The van der Waals surface area contributed by atoms with Gasteiger partial charge in [0.25, 0.3) is 0 Å². The molecule has 0 aliphatic carbocycles. The number of rotatable bonds is 6. The molecule has 0 saturated heterocycles. The summed E-state index contributed by atoms with van der Waals surface area (Å²) >= 11 is 5.96. The molecular formula is C23H23ClN8O2. The number of halogens is 1. The van der Waals surface area contributed by atoms with Gasteiger partial charge in [-0.3, -0.25) is 4.79 Å². The van der Waals surface area contributed by atoms with Gasteiger partial charge in [-0.15, -0.1) is 0 Å². The smallest absolute Gasteiger partial charge is 0.240 e. The van der Waals surface area contributed by atoms with Crippen molar-refractivity contribution in [1.29, 1.82) is 0 Å². The number of phenols is 1. The summed E-state index contributed by atoms with van der Waals surface area (Å²) < 4.78 is 1.65. The van der Waals surface area contributed by atoms with Crippen LogP contribution < -0.4 is 11.1 Å². The zero-order valence-electron chi connectivity index (χ0n) is 18.7.